The van der Waals surface area contributed by atoms with Gasteiger partial charge in [0.1, 0.15) is 5.69 Å². The largest absolute Gasteiger partial charge is 0.329 e. The number of hydrogen-bond donors (Lipinski definition) is 0. The number of aromatic nitrogens is 3. The Morgan fingerprint density at radius 2 is 2.12 bits per heavy atom. The summed E-state index contributed by atoms with van der Waals surface area (Å²) >= 11 is 0. The number of alkyl halides is 2. The second-order valence-electron chi connectivity index (χ2n) is 4.28. The van der Waals surface area contributed by atoms with E-state index in [1.54, 1.807) is 23.2 Å². The summed E-state index contributed by atoms with van der Waals surface area (Å²) in [5.74, 6) is -2.40. The summed E-state index contributed by atoms with van der Waals surface area (Å²) in [6.07, 6.45) is 4.98. The van der Waals surface area contributed by atoms with E-state index in [0.29, 0.717) is 18.1 Å². The Morgan fingerprint density at radius 3 is 2.76 bits per heavy atom. The van der Waals surface area contributed by atoms with Crippen molar-refractivity contribution in [1.29, 1.82) is 0 Å². The molecule has 1 atom stereocenters. The molecule has 88 valence electrons. The van der Waals surface area contributed by atoms with Gasteiger partial charge in [0.05, 0.1) is 0 Å². The number of hydrogen-bond acceptors (Lipinski definition) is 2. The Morgan fingerprint density at radius 1 is 1.29 bits per heavy atom. The van der Waals surface area contributed by atoms with Crippen molar-refractivity contribution in [2.75, 3.05) is 0 Å². The van der Waals surface area contributed by atoms with Gasteiger partial charge in [0.2, 0.25) is 0 Å². The van der Waals surface area contributed by atoms with Gasteiger partial charge in [-0.05, 0) is 12.1 Å². The van der Waals surface area contributed by atoms with Gasteiger partial charge >= 0.3 is 0 Å². The van der Waals surface area contributed by atoms with Crippen molar-refractivity contribution in [2.24, 2.45) is 5.92 Å². The van der Waals surface area contributed by atoms with E-state index in [1.165, 1.54) is 0 Å². The molecule has 0 aliphatic heterocycles. The Labute approximate surface area is 97.1 Å². The molecule has 1 aliphatic carbocycles. The van der Waals surface area contributed by atoms with E-state index in [2.05, 4.69) is 9.97 Å². The molecule has 2 aromatic heterocycles. The zero-order valence-electron chi connectivity index (χ0n) is 9.05. The first-order valence-corrected chi connectivity index (χ1v) is 5.47. The maximum absolute atomic E-state index is 12.9. The third-order valence-corrected chi connectivity index (χ3v) is 2.98. The third kappa shape index (κ3) is 1.92. The lowest BCUT2D eigenvalue weighted by molar-refractivity contribution is 0.0952. The summed E-state index contributed by atoms with van der Waals surface area (Å²) in [6.45, 7) is 0.304. The molecule has 0 N–H and O–H groups in total. The van der Waals surface area contributed by atoms with Crippen LogP contribution in [0.2, 0.25) is 0 Å². The average molecular weight is 235 g/mol. The molecule has 0 radical (unpaired) electrons. The van der Waals surface area contributed by atoms with Crippen LogP contribution in [0.15, 0.2) is 36.8 Å². The second kappa shape index (κ2) is 3.61. The van der Waals surface area contributed by atoms with Gasteiger partial charge in [-0.25, -0.2) is 13.8 Å². The smallest absolute Gasteiger partial charge is 0.253 e. The quantitative estimate of drug-likeness (QED) is 0.818. The molecule has 1 aliphatic rings. The van der Waals surface area contributed by atoms with Crippen LogP contribution in [-0.4, -0.2) is 20.5 Å². The van der Waals surface area contributed by atoms with Crippen LogP contribution in [0.1, 0.15) is 6.42 Å². The minimum absolute atomic E-state index is 0.0210. The molecule has 0 spiro atoms. The molecule has 0 amide bonds. The summed E-state index contributed by atoms with van der Waals surface area (Å²) in [7, 11) is 0. The van der Waals surface area contributed by atoms with Gasteiger partial charge in [-0.15, -0.1) is 0 Å². The molecule has 17 heavy (non-hydrogen) atoms. The predicted molar refractivity (Wildman–Crippen MR) is 58.5 cm³/mol. The normalized spacial score (nSPS) is 21.4. The summed E-state index contributed by atoms with van der Waals surface area (Å²) in [6, 6.07) is 5.49. The van der Waals surface area contributed by atoms with Crippen molar-refractivity contribution in [3.05, 3.63) is 36.8 Å². The molecule has 3 rings (SSSR count). The van der Waals surface area contributed by atoms with Crippen molar-refractivity contribution in [3.63, 3.8) is 0 Å². The maximum Gasteiger partial charge on any atom is 0.253 e. The maximum atomic E-state index is 12.9. The monoisotopic (exact) mass is 235 g/mol. The summed E-state index contributed by atoms with van der Waals surface area (Å²) in [4.78, 5) is 8.35. The molecule has 2 aromatic rings. The molecular formula is C12H11F2N3. The van der Waals surface area contributed by atoms with Gasteiger partial charge in [0.15, 0.2) is 5.82 Å². The Kier molecular flexibility index (Phi) is 2.21. The number of imidazole rings is 1. The van der Waals surface area contributed by atoms with E-state index >= 15 is 0 Å². The van der Waals surface area contributed by atoms with Gasteiger partial charge in [-0.3, -0.25) is 4.98 Å². The highest BCUT2D eigenvalue weighted by Crippen LogP contribution is 2.49. The van der Waals surface area contributed by atoms with E-state index < -0.39 is 11.8 Å². The highest BCUT2D eigenvalue weighted by atomic mass is 19.3. The van der Waals surface area contributed by atoms with Crippen LogP contribution in [0.25, 0.3) is 11.5 Å². The first-order valence-electron chi connectivity index (χ1n) is 5.47. The van der Waals surface area contributed by atoms with Crippen molar-refractivity contribution < 1.29 is 8.78 Å². The van der Waals surface area contributed by atoms with Crippen molar-refractivity contribution in [1.82, 2.24) is 14.5 Å². The minimum Gasteiger partial charge on any atom is -0.329 e. The van der Waals surface area contributed by atoms with Gasteiger partial charge in [0, 0.05) is 37.5 Å². The minimum atomic E-state index is -2.49. The van der Waals surface area contributed by atoms with Crippen LogP contribution in [0.4, 0.5) is 8.78 Å². The van der Waals surface area contributed by atoms with Gasteiger partial charge in [-0.2, -0.15) is 0 Å². The van der Waals surface area contributed by atoms with E-state index in [-0.39, 0.29) is 6.42 Å². The van der Waals surface area contributed by atoms with Crippen molar-refractivity contribution >= 4 is 0 Å². The lowest BCUT2D eigenvalue weighted by Gasteiger charge is -2.06. The Hall–Kier alpha value is -1.78. The molecule has 1 saturated carbocycles. The Balaban J connectivity index is 1.85. The molecule has 1 unspecified atom stereocenters. The molecule has 5 heteroatoms. The summed E-state index contributed by atoms with van der Waals surface area (Å²) in [5, 5.41) is 0. The SMILES string of the molecule is FC1(F)CC1Cn1ccnc1-c1ccccn1. The zero-order chi connectivity index (χ0) is 11.9. The van der Waals surface area contributed by atoms with Crippen LogP contribution in [0, 0.1) is 5.92 Å². The zero-order valence-corrected chi connectivity index (χ0v) is 9.05. The second-order valence-corrected chi connectivity index (χ2v) is 4.28. The fourth-order valence-electron chi connectivity index (χ4n) is 1.89. The molecule has 2 heterocycles. The van der Waals surface area contributed by atoms with E-state index in [4.69, 9.17) is 0 Å². The standard InChI is InChI=1S/C12H11F2N3/c13-12(14)7-9(12)8-17-6-5-16-11(17)10-3-1-2-4-15-10/h1-6,9H,7-8H2. The molecular weight excluding hydrogens is 224 g/mol. The van der Waals surface area contributed by atoms with E-state index in [0.717, 1.165) is 0 Å². The molecule has 3 nitrogen and oxygen atoms in total. The molecule has 0 bridgehead atoms. The Bertz CT molecular complexity index is 522. The first-order chi connectivity index (χ1) is 8.17. The van der Waals surface area contributed by atoms with Crippen LogP contribution >= 0.6 is 0 Å². The van der Waals surface area contributed by atoms with Crippen molar-refractivity contribution in [2.45, 2.75) is 18.9 Å². The highest BCUT2D eigenvalue weighted by molar-refractivity contribution is 5.49. The fraction of sp³-hybridized carbons (Fsp3) is 0.333. The first kappa shape index (κ1) is 10.4. The third-order valence-electron chi connectivity index (χ3n) is 2.98. The van der Waals surface area contributed by atoms with Crippen LogP contribution in [-0.2, 0) is 6.54 Å². The van der Waals surface area contributed by atoms with E-state index in [9.17, 15) is 8.78 Å². The van der Waals surface area contributed by atoms with Gasteiger partial charge in [0.25, 0.3) is 5.92 Å². The lowest BCUT2D eigenvalue weighted by atomic mass is 10.3. The summed E-state index contributed by atoms with van der Waals surface area (Å²) in [5.41, 5.74) is 0.710. The average Bonchev–Trinajstić information content (AvgIpc) is 2.76. The van der Waals surface area contributed by atoms with Gasteiger partial charge in [-0.1, -0.05) is 6.07 Å². The van der Waals surface area contributed by atoms with E-state index in [1.807, 2.05) is 18.2 Å². The predicted octanol–water partition coefficient (Wildman–Crippen LogP) is 2.60. The number of nitrogens with zero attached hydrogens (tertiary/aromatic N) is 3. The van der Waals surface area contributed by atoms with Crippen LogP contribution in [0.3, 0.4) is 0 Å². The van der Waals surface area contributed by atoms with Crippen molar-refractivity contribution in [3.8, 4) is 11.5 Å². The number of halogens is 2. The topological polar surface area (TPSA) is 30.7 Å². The number of rotatable bonds is 3. The highest BCUT2D eigenvalue weighted by Gasteiger charge is 2.56. The molecule has 0 saturated heterocycles. The summed E-state index contributed by atoms with van der Waals surface area (Å²) < 4.78 is 27.5. The van der Waals surface area contributed by atoms with Crippen LogP contribution < -0.4 is 0 Å². The fourth-order valence-corrected chi connectivity index (χ4v) is 1.89. The van der Waals surface area contributed by atoms with Crippen LogP contribution in [0.5, 0.6) is 0 Å². The molecule has 1 fully saturated rings. The van der Waals surface area contributed by atoms with Gasteiger partial charge < -0.3 is 4.57 Å². The molecule has 0 aromatic carbocycles. The lowest BCUT2D eigenvalue weighted by Crippen LogP contribution is -2.06. The number of pyridine rings is 1.